The number of hydrogen-bond donors (Lipinski definition) is 1. The van der Waals surface area contributed by atoms with E-state index in [1.165, 1.54) is 22.5 Å². The molecule has 4 nitrogen and oxygen atoms in total. The molecule has 0 bridgehead atoms. The fourth-order valence-corrected chi connectivity index (χ4v) is 3.37. The number of aryl methyl sites for hydroxylation is 1. The molecule has 0 fully saturated rings. The Morgan fingerprint density at radius 3 is 2.63 bits per heavy atom. The third-order valence-corrected chi connectivity index (χ3v) is 5.17. The van der Waals surface area contributed by atoms with Crippen molar-refractivity contribution in [2.75, 3.05) is 6.54 Å². The van der Waals surface area contributed by atoms with Crippen LogP contribution in [-0.2, 0) is 17.8 Å². The Morgan fingerprint density at radius 2 is 1.89 bits per heavy atom. The van der Waals surface area contributed by atoms with Crippen LogP contribution in [0.25, 0.3) is 0 Å². The van der Waals surface area contributed by atoms with Crippen molar-refractivity contribution >= 4 is 17.2 Å². The van der Waals surface area contributed by atoms with E-state index in [4.69, 9.17) is 4.74 Å². The molecule has 0 aliphatic rings. The molecule has 0 aliphatic heterocycles. The lowest BCUT2D eigenvalue weighted by molar-refractivity contribution is -0.120. The highest BCUT2D eigenvalue weighted by Crippen LogP contribution is 2.17. The second-order valence-electron chi connectivity index (χ2n) is 6.63. The molecule has 1 unspecified atom stereocenters. The summed E-state index contributed by atoms with van der Waals surface area (Å²) >= 11 is 1.52. The molecule has 1 atom stereocenters. The number of nitrogens with zero attached hydrogens (tertiary/aromatic N) is 1. The molecule has 1 aromatic heterocycles. The van der Waals surface area contributed by atoms with E-state index in [9.17, 15) is 4.79 Å². The van der Waals surface area contributed by atoms with Crippen LogP contribution in [0.1, 0.15) is 34.7 Å². The SMILES string of the molecule is Cc1ccc(OCc2nc(CC(=O)NCC(C)c3ccccc3)cs2)cc1. The molecule has 1 heterocycles. The summed E-state index contributed by atoms with van der Waals surface area (Å²) in [4.78, 5) is 16.7. The molecule has 0 saturated carbocycles. The van der Waals surface area contributed by atoms with E-state index >= 15 is 0 Å². The molecule has 27 heavy (non-hydrogen) atoms. The summed E-state index contributed by atoms with van der Waals surface area (Å²) < 4.78 is 5.74. The van der Waals surface area contributed by atoms with Crippen LogP contribution in [0.3, 0.4) is 0 Å². The number of aromatic nitrogens is 1. The number of benzene rings is 2. The fourth-order valence-electron chi connectivity index (χ4n) is 2.67. The molecule has 0 radical (unpaired) electrons. The van der Waals surface area contributed by atoms with Crippen molar-refractivity contribution in [3.05, 3.63) is 81.8 Å². The van der Waals surface area contributed by atoms with Gasteiger partial charge in [0.25, 0.3) is 0 Å². The van der Waals surface area contributed by atoms with Crippen molar-refractivity contribution < 1.29 is 9.53 Å². The summed E-state index contributed by atoms with van der Waals surface area (Å²) in [5, 5.41) is 5.79. The number of thiazole rings is 1. The zero-order chi connectivity index (χ0) is 19.1. The molecular formula is C22H24N2O2S. The first-order chi connectivity index (χ1) is 13.1. The van der Waals surface area contributed by atoms with Crippen molar-refractivity contribution in [1.29, 1.82) is 0 Å². The van der Waals surface area contributed by atoms with E-state index in [1.807, 2.05) is 54.8 Å². The Labute approximate surface area is 164 Å². The molecule has 1 amide bonds. The Morgan fingerprint density at radius 1 is 1.15 bits per heavy atom. The number of carbonyl (C=O) groups excluding carboxylic acids is 1. The maximum atomic E-state index is 12.2. The molecule has 0 aliphatic carbocycles. The average molecular weight is 381 g/mol. The maximum absolute atomic E-state index is 12.2. The number of hydrogen-bond acceptors (Lipinski definition) is 4. The predicted molar refractivity (Wildman–Crippen MR) is 109 cm³/mol. The van der Waals surface area contributed by atoms with Gasteiger partial charge in [0.05, 0.1) is 12.1 Å². The van der Waals surface area contributed by atoms with Gasteiger partial charge in [-0.05, 0) is 30.5 Å². The Balaban J connectivity index is 1.44. The second-order valence-corrected chi connectivity index (χ2v) is 7.57. The van der Waals surface area contributed by atoms with Gasteiger partial charge in [0.2, 0.25) is 5.91 Å². The molecule has 0 spiro atoms. The standard InChI is InChI=1S/C22H24N2O2S/c1-16-8-10-20(11-9-16)26-14-22-24-19(15-27-22)12-21(25)23-13-17(2)18-6-4-3-5-7-18/h3-11,15,17H,12-14H2,1-2H3,(H,23,25). The van der Waals surface area contributed by atoms with Gasteiger partial charge < -0.3 is 10.1 Å². The molecule has 3 rings (SSSR count). The van der Waals surface area contributed by atoms with Gasteiger partial charge >= 0.3 is 0 Å². The number of ether oxygens (including phenoxy) is 1. The quantitative estimate of drug-likeness (QED) is 0.626. The predicted octanol–water partition coefficient (Wildman–Crippen LogP) is 4.49. The van der Waals surface area contributed by atoms with E-state index in [2.05, 4.69) is 29.4 Å². The molecule has 2 aromatic carbocycles. The van der Waals surface area contributed by atoms with Crippen LogP contribution >= 0.6 is 11.3 Å². The van der Waals surface area contributed by atoms with Gasteiger partial charge in [-0.2, -0.15) is 0 Å². The topological polar surface area (TPSA) is 51.2 Å². The van der Waals surface area contributed by atoms with Crippen LogP contribution < -0.4 is 10.1 Å². The van der Waals surface area contributed by atoms with Crippen LogP contribution in [0, 0.1) is 6.92 Å². The first-order valence-corrected chi connectivity index (χ1v) is 9.92. The van der Waals surface area contributed by atoms with Gasteiger partial charge in [0.1, 0.15) is 17.4 Å². The zero-order valence-corrected chi connectivity index (χ0v) is 16.5. The summed E-state index contributed by atoms with van der Waals surface area (Å²) in [6.45, 7) is 5.19. The van der Waals surface area contributed by atoms with E-state index in [-0.39, 0.29) is 11.8 Å². The Bertz CT molecular complexity index is 860. The lowest BCUT2D eigenvalue weighted by atomic mass is 10.0. The molecule has 140 valence electrons. The molecule has 5 heteroatoms. The lowest BCUT2D eigenvalue weighted by Gasteiger charge is -2.12. The van der Waals surface area contributed by atoms with Gasteiger partial charge in [-0.1, -0.05) is 55.0 Å². The Hall–Kier alpha value is -2.66. The van der Waals surface area contributed by atoms with E-state index in [1.54, 1.807) is 0 Å². The summed E-state index contributed by atoms with van der Waals surface area (Å²) in [6.07, 6.45) is 0.294. The van der Waals surface area contributed by atoms with E-state index in [0.29, 0.717) is 19.6 Å². The van der Waals surface area contributed by atoms with Crippen LogP contribution in [0.5, 0.6) is 5.75 Å². The van der Waals surface area contributed by atoms with E-state index in [0.717, 1.165) is 16.5 Å². The van der Waals surface area contributed by atoms with Crippen LogP contribution in [0.2, 0.25) is 0 Å². The summed E-state index contributed by atoms with van der Waals surface area (Å²) in [7, 11) is 0. The number of amides is 1. The minimum atomic E-state index is -0.00548. The van der Waals surface area contributed by atoms with Crippen LogP contribution in [0.15, 0.2) is 60.0 Å². The monoisotopic (exact) mass is 380 g/mol. The van der Waals surface area contributed by atoms with Gasteiger partial charge in [0.15, 0.2) is 0 Å². The summed E-state index contributed by atoms with van der Waals surface area (Å²) in [5.74, 6) is 1.10. The minimum absolute atomic E-state index is 0.00548. The molecule has 1 N–H and O–H groups in total. The van der Waals surface area contributed by atoms with Crippen molar-refractivity contribution in [2.45, 2.75) is 32.8 Å². The zero-order valence-electron chi connectivity index (χ0n) is 15.6. The highest BCUT2D eigenvalue weighted by atomic mass is 32.1. The highest BCUT2D eigenvalue weighted by molar-refractivity contribution is 7.09. The lowest BCUT2D eigenvalue weighted by Crippen LogP contribution is -2.29. The molecular weight excluding hydrogens is 356 g/mol. The number of carbonyl (C=O) groups is 1. The van der Waals surface area contributed by atoms with Crippen molar-refractivity contribution in [1.82, 2.24) is 10.3 Å². The van der Waals surface area contributed by atoms with Gasteiger partial charge in [0, 0.05) is 11.9 Å². The average Bonchev–Trinajstić information content (AvgIpc) is 3.13. The first kappa shape index (κ1) is 19.1. The molecule has 0 saturated heterocycles. The smallest absolute Gasteiger partial charge is 0.226 e. The van der Waals surface area contributed by atoms with Gasteiger partial charge in [-0.15, -0.1) is 11.3 Å². The largest absolute Gasteiger partial charge is 0.486 e. The normalized spacial score (nSPS) is 11.8. The second kappa shape index (κ2) is 9.33. The van der Waals surface area contributed by atoms with Crippen LogP contribution in [0.4, 0.5) is 0 Å². The third-order valence-electron chi connectivity index (χ3n) is 4.30. The van der Waals surface area contributed by atoms with Gasteiger partial charge in [-0.3, -0.25) is 4.79 Å². The first-order valence-electron chi connectivity index (χ1n) is 9.04. The number of rotatable bonds is 8. The highest BCUT2D eigenvalue weighted by Gasteiger charge is 2.11. The van der Waals surface area contributed by atoms with Crippen LogP contribution in [-0.4, -0.2) is 17.4 Å². The van der Waals surface area contributed by atoms with Crippen molar-refractivity contribution in [2.24, 2.45) is 0 Å². The van der Waals surface area contributed by atoms with Gasteiger partial charge in [-0.25, -0.2) is 4.98 Å². The summed E-state index contributed by atoms with van der Waals surface area (Å²) in [5.41, 5.74) is 3.21. The Kier molecular flexibility index (Phi) is 6.60. The third kappa shape index (κ3) is 5.93. The molecule has 3 aromatic rings. The van der Waals surface area contributed by atoms with Crippen molar-refractivity contribution in [3.8, 4) is 5.75 Å². The van der Waals surface area contributed by atoms with Crippen molar-refractivity contribution in [3.63, 3.8) is 0 Å². The van der Waals surface area contributed by atoms with E-state index < -0.39 is 0 Å². The minimum Gasteiger partial charge on any atom is -0.486 e. The summed E-state index contributed by atoms with van der Waals surface area (Å²) in [6, 6.07) is 18.1. The number of nitrogens with one attached hydrogen (secondary N) is 1. The maximum Gasteiger partial charge on any atom is 0.226 e. The fraction of sp³-hybridized carbons (Fsp3) is 0.273.